The zero-order valence-corrected chi connectivity index (χ0v) is 22.6. The third-order valence-electron chi connectivity index (χ3n) is 7.72. The van der Waals surface area contributed by atoms with Crippen molar-refractivity contribution in [2.45, 2.75) is 26.3 Å². The molecular weight excluding hydrogens is 482 g/mol. The number of fused-ring (bicyclic) bond motifs is 2. The summed E-state index contributed by atoms with van der Waals surface area (Å²) in [4.78, 5) is 38.5. The average Bonchev–Trinajstić information content (AvgIpc) is 3.59. The van der Waals surface area contributed by atoms with Crippen LogP contribution < -0.4 is 4.90 Å². The van der Waals surface area contributed by atoms with Crippen LogP contribution in [0.3, 0.4) is 0 Å². The number of nitrogens with zero attached hydrogens (tertiary/aromatic N) is 9. The van der Waals surface area contributed by atoms with Crippen LogP contribution in [0, 0.1) is 12.8 Å². The van der Waals surface area contributed by atoms with Crippen molar-refractivity contribution in [1.82, 2.24) is 38.9 Å². The Balaban J connectivity index is 1.38. The number of aromatic nitrogens is 6. The molecule has 200 valence electrons. The number of rotatable bonds is 6. The van der Waals surface area contributed by atoms with Crippen molar-refractivity contribution in [2.75, 3.05) is 58.4 Å². The number of amides is 1. The number of carbonyl (C=O) groups excluding carboxylic acids is 1. The summed E-state index contributed by atoms with van der Waals surface area (Å²) in [6, 6.07) is 8.07. The summed E-state index contributed by atoms with van der Waals surface area (Å²) in [6.07, 6.45) is 1.62. The molecule has 0 radical (unpaired) electrons. The van der Waals surface area contributed by atoms with Crippen molar-refractivity contribution < 1.29 is 9.53 Å². The van der Waals surface area contributed by atoms with E-state index in [-0.39, 0.29) is 5.91 Å². The van der Waals surface area contributed by atoms with Crippen LogP contribution >= 0.6 is 0 Å². The van der Waals surface area contributed by atoms with E-state index in [9.17, 15) is 4.79 Å². The number of carbonyl (C=O) groups is 1. The number of benzene rings is 1. The van der Waals surface area contributed by atoms with E-state index >= 15 is 0 Å². The molecule has 5 heterocycles. The summed E-state index contributed by atoms with van der Waals surface area (Å²) in [6.45, 7) is 7.40. The first kappa shape index (κ1) is 24.7. The van der Waals surface area contributed by atoms with Gasteiger partial charge in [-0.1, -0.05) is 12.1 Å². The Kier molecular flexibility index (Phi) is 6.48. The minimum Gasteiger partial charge on any atom is -0.378 e. The maximum atomic E-state index is 12.2. The number of morpholine rings is 1. The normalized spacial score (nSPS) is 18.6. The topological polar surface area (TPSA) is 97.4 Å². The average molecular weight is 518 g/mol. The quantitative estimate of drug-likeness (QED) is 0.384. The molecular formula is C27H35N9O2. The van der Waals surface area contributed by atoms with Crippen LogP contribution in [0.25, 0.3) is 28.1 Å². The molecule has 2 aliphatic heterocycles. The van der Waals surface area contributed by atoms with Crippen molar-refractivity contribution in [3.05, 3.63) is 35.9 Å². The first-order valence-electron chi connectivity index (χ1n) is 13.3. The van der Waals surface area contributed by atoms with Gasteiger partial charge >= 0.3 is 0 Å². The Bertz CT molecular complexity index is 1490. The van der Waals surface area contributed by atoms with Gasteiger partial charge in [0.1, 0.15) is 11.6 Å². The number of anilines is 1. The highest BCUT2D eigenvalue weighted by Crippen LogP contribution is 2.29. The SMILES string of the molecule is Cc1nc2ccccc2n1-c1nc(N2CCOCC2)c2nc(CN3CCC(CC(=O)N(C)C)C3)n(C)c2n1. The fourth-order valence-electron chi connectivity index (χ4n) is 5.57. The highest BCUT2D eigenvalue weighted by Gasteiger charge is 2.28. The Morgan fingerprint density at radius 2 is 1.87 bits per heavy atom. The first-order valence-corrected chi connectivity index (χ1v) is 13.3. The molecule has 0 bridgehead atoms. The molecule has 2 fully saturated rings. The van der Waals surface area contributed by atoms with Gasteiger partial charge in [-0.05, 0) is 37.9 Å². The highest BCUT2D eigenvalue weighted by atomic mass is 16.5. The van der Waals surface area contributed by atoms with Crippen molar-refractivity contribution in [2.24, 2.45) is 13.0 Å². The lowest BCUT2D eigenvalue weighted by Gasteiger charge is -2.28. The maximum absolute atomic E-state index is 12.2. The van der Waals surface area contributed by atoms with E-state index in [1.807, 2.05) is 50.8 Å². The molecule has 11 nitrogen and oxygen atoms in total. The van der Waals surface area contributed by atoms with Gasteiger partial charge in [-0.3, -0.25) is 14.3 Å². The largest absolute Gasteiger partial charge is 0.378 e. The second-order valence-corrected chi connectivity index (χ2v) is 10.6. The van der Waals surface area contributed by atoms with Gasteiger partial charge in [0.2, 0.25) is 11.9 Å². The lowest BCUT2D eigenvalue weighted by molar-refractivity contribution is -0.129. The Morgan fingerprint density at radius 1 is 1.08 bits per heavy atom. The van der Waals surface area contributed by atoms with E-state index in [1.165, 1.54) is 0 Å². The fraction of sp³-hybridized carbons (Fsp3) is 0.519. The summed E-state index contributed by atoms with van der Waals surface area (Å²) in [7, 11) is 5.68. The summed E-state index contributed by atoms with van der Waals surface area (Å²) >= 11 is 0. The van der Waals surface area contributed by atoms with Crippen molar-refractivity contribution in [3.63, 3.8) is 0 Å². The van der Waals surface area contributed by atoms with Gasteiger partial charge in [-0.25, -0.2) is 9.97 Å². The Hall–Kier alpha value is -3.57. The highest BCUT2D eigenvalue weighted by molar-refractivity contribution is 5.86. The first-order chi connectivity index (χ1) is 18.4. The minimum atomic E-state index is 0.194. The molecule has 38 heavy (non-hydrogen) atoms. The van der Waals surface area contributed by atoms with Gasteiger partial charge < -0.3 is 19.1 Å². The molecule has 0 N–H and O–H groups in total. The van der Waals surface area contributed by atoms with Gasteiger partial charge in [0.25, 0.3) is 0 Å². The maximum Gasteiger partial charge on any atom is 0.239 e. The van der Waals surface area contributed by atoms with Crippen molar-refractivity contribution in [1.29, 1.82) is 0 Å². The molecule has 0 aliphatic carbocycles. The predicted molar refractivity (Wildman–Crippen MR) is 145 cm³/mol. The molecule has 11 heteroatoms. The van der Waals surface area contributed by atoms with Crippen LogP contribution in [0.2, 0.25) is 0 Å². The van der Waals surface area contributed by atoms with Gasteiger partial charge in [-0.2, -0.15) is 9.97 Å². The van der Waals surface area contributed by atoms with Gasteiger partial charge in [0.15, 0.2) is 17.0 Å². The zero-order valence-electron chi connectivity index (χ0n) is 22.6. The summed E-state index contributed by atoms with van der Waals surface area (Å²) in [5.41, 5.74) is 3.52. The van der Waals surface area contributed by atoms with E-state index in [0.717, 1.165) is 72.3 Å². The standard InChI is InChI=1S/C27H35N9O2/c1-18-28-20-7-5-6-8-21(20)36(18)27-30-25-24(26(31-27)35-11-13-38-14-12-35)29-22(33(25)4)17-34-10-9-19(16-34)15-23(37)32(2)3/h5-8,19H,9-17H2,1-4H3. The molecule has 0 spiro atoms. The number of ether oxygens (including phenoxy) is 1. The van der Waals surface area contributed by atoms with Crippen LogP contribution in [-0.2, 0) is 23.1 Å². The molecule has 2 saturated heterocycles. The molecule has 1 atom stereocenters. The molecule has 1 aromatic carbocycles. The van der Waals surface area contributed by atoms with Crippen LogP contribution in [0.5, 0.6) is 0 Å². The number of hydrogen-bond donors (Lipinski definition) is 0. The van der Waals surface area contributed by atoms with Crippen LogP contribution in [0.4, 0.5) is 5.82 Å². The number of likely N-dealkylation sites (tertiary alicyclic amines) is 1. The second kappa shape index (κ2) is 9.95. The van der Waals surface area contributed by atoms with Crippen molar-refractivity contribution >= 4 is 33.9 Å². The monoisotopic (exact) mass is 517 g/mol. The predicted octanol–water partition coefficient (Wildman–Crippen LogP) is 2.15. The Labute approximate surface area is 222 Å². The number of imidazole rings is 2. The molecule has 3 aromatic heterocycles. The third-order valence-corrected chi connectivity index (χ3v) is 7.72. The molecule has 6 rings (SSSR count). The molecule has 0 saturated carbocycles. The molecule has 4 aromatic rings. The zero-order chi connectivity index (χ0) is 26.4. The molecule has 2 aliphatic rings. The number of aryl methyl sites for hydroxylation is 2. The van der Waals surface area contributed by atoms with Gasteiger partial charge in [-0.15, -0.1) is 0 Å². The van der Waals surface area contributed by atoms with Gasteiger partial charge in [0, 0.05) is 47.2 Å². The Morgan fingerprint density at radius 3 is 2.66 bits per heavy atom. The number of para-hydroxylation sites is 2. The van der Waals surface area contributed by atoms with E-state index in [2.05, 4.69) is 20.4 Å². The van der Waals surface area contributed by atoms with Crippen molar-refractivity contribution in [3.8, 4) is 5.95 Å². The smallest absolute Gasteiger partial charge is 0.239 e. The molecule has 1 unspecified atom stereocenters. The van der Waals surface area contributed by atoms with Crippen LogP contribution in [-0.4, -0.2) is 98.3 Å². The number of hydrogen-bond acceptors (Lipinski definition) is 8. The van der Waals surface area contributed by atoms with E-state index in [1.54, 1.807) is 4.90 Å². The summed E-state index contributed by atoms with van der Waals surface area (Å²) in [5, 5.41) is 0. The van der Waals surface area contributed by atoms with Crippen LogP contribution in [0.15, 0.2) is 24.3 Å². The minimum absolute atomic E-state index is 0.194. The lowest BCUT2D eigenvalue weighted by Crippen LogP contribution is -2.37. The van der Waals surface area contributed by atoms with E-state index < -0.39 is 0 Å². The summed E-state index contributed by atoms with van der Waals surface area (Å²) < 4.78 is 9.74. The lowest BCUT2D eigenvalue weighted by atomic mass is 10.0. The van der Waals surface area contributed by atoms with E-state index in [4.69, 9.17) is 24.7 Å². The molecule has 1 amide bonds. The second-order valence-electron chi connectivity index (χ2n) is 10.6. The summed E-state index contributed by atoms with van der Waals surface area (Å²) in [5.74, 6) is 3.81. The van der Waals surface area contributed by atoms with E-state index in [0.29, 0.717) is 38.0 Å². The van der Waals surface area contributed by atoms with Gasteiger partial charge in [0.05, 0.1) is 30.8 Å². The fourth-order valence-corrected chi connectivity index (χ4v) is 5.57. The third kappa shape index (κ3) is 4.49. The van der Waals surface area contributed by atoms with Crippen LogP contribution in [0.1, 0.15) is 24.5 Å².